The highest BCUT2D eigenvalue weighted by Crippen LogP contribution is 2.16. The maximum Gasteiger partial charge on any atom is 0.357 e. The Hall–Kier alpha value is -1.59. The van der Waals surface area contributed by atoms with Gasteiger partial charge in [0.05, 0.1) is 11.1 Å². The van der Waals surface area contributed by atoms with Crippen LogP contribution in [0.25, 0.3) is 0 Å². The topological polar surface area (TPSA) is 89.6 Å². The molecule has 3 N–H and O–H groups in total. The fourth-order valence-corrected chi connectivity index (χ4v) is 1.11. The van der Waals surface area contributed by atoms with E-state index in [1.165, 1.54) is 12.1 Å². The Kier molecular flexibility index (Phi) is 3.06. The standard InChI is InChI=1S/C8H6ClNO4/c9-4-1-2-5(8(13)14-10)6(3-4)7(11)12/h1-3H,10H2,(H,11,12). The van der Waals surface area contributed by atoms with Crippen molar-refractivity contribution in [1.29, 1.82) is 0 Å². The van der Waals surface area contributed by atoms with E-state index >= 15 is 0 Å². The van der Waals surface area contributed by atoms with Crippen LogP contribution < -0.4 is 5.90 Å². The van der Waals surface area contributed by atoms with Crippen LogP contribution in [0.15, 0.2) is 18.2 Å². The Morgan fingerprint density at radius 2 is 2.00 bits per heavy atom. The molecular formula is C8H6ClNO4. The van der Waals surface area contributed by atoms with Crippen LogP contribution in [0.3, 0.4) is 0 Å². The molecule has 1 rings (SSSR count). The van der Waals surface area contributed by atoms with Crippen LogP contribution in [0.4, 0.5) is 0 Å². The molecule has 74 valence electrons. The fraction of sp³-hybridized carbons (Fsp3) is 0. The zero-order valence-corrected chi connectivity index (χ0v) is 7.62. The first-order valence-corrected chi connectivity index (χ1v) is 3.88. The predicted molar refractivity (Wildman–Crippen MR) is 48.0 cm³/mol. The summed E-state index contributed by atoms with van der Waals surface area (Å²) in [5.74, 6) is 2.45. The van der Waals surface area contributed by atoms with Crippen LogP contribution >= 0.6 is 11.6 Å². The molecule has 5 nitrogen and oxygen atoms in total. The summed E-state index contributed by atoms with van der Waals surface area (Å²) in [5, 5.41) is 8.95. The van der Waals surface area contributed by atoms with Gasteiger partial charge >= 0.3 is 11.9 Å². The third-order valence-electron chi connectivity index (χ3n) is 1.54. The van der Waals surface area contributed by atoms with Crippen molar-refractivity contribution in [1.82, 2.24) is 0 Å². The second-order valence-electron chi connectivity index (χ2n) is 2.40. The lowest BCUT2D eigenvalue weighted by Gasteiger charge is -2.03. The number of nitrogens with two attached hydrogens (primary N) is 1. The number of carbonyl (C=O) groups excluding carboxylic acids is 1. The number of hydrogen-bond donors (Lipinski definition) is 2. The summed E-state index contributed by atoms with van der Waals surface area (Å²) in [7, 11) is 0. The van der Waals surface area contributed by atoms with Crippen molar-refractivity contribution in [2.45, 2.75) is 0 Å². The third kappa shape index (κ3) is 2.01. The number of carboxylic acid groups (broad SMARTS) is 1. The van der Waals surface area contributed by atoms with Crippen molar-refractivity contribution in [3.8, 4) is 0 Å². The molecule has 0 atom stereocenters. The Morgan fingerprint density at radius 1 is 1.36 bits per heavy atom. The van der Waals surface area contributed by atoms with Crippen molar-refractivity contribution in [2.75, 3.05) is 0 Å². The Balaban J connectivity index is 3.28. The van der Waals surface area contributed by atoms with Crippen LogP contribution in [0.5, 0.6) is 0 Å². The summed E-state index contributed by atoms with van der Waals surface area (Å²) in [6.45, 7) is 0. The van der Waals surface area contributed by atoms with Gasteiger partial charge in [-0.15, -0.1) is 0 Å². The van der Waals surface area contributed by atoms with E-state index in [9.17, 15) is 9.59 Å². The summed E-state index contributed by atoms with van der Waals surface area (Å²) in [6.07, 6.45) is 0. The van der Waals surface area contributed by atoms with E-state index in [1.807, 2.05) is 0 Å². The second-order valence-corrected chi connectivity index (χ2v) is 2.84. The van der Waals surface area contributed by atoms with E-state index in [4.69, 9.17) is 16.7 Å². The average molecular weight is 216 g/mol. The Labute approximate surface area is 84.0 Å². The Bertz CT molecular complexity index is 391. The third-order valence-corrected chi connectivity index (χ3v) is 1.77. The molecule has 0 aliphatic rings. The van der Waals surface area contributed by atoms with Gasteiger partial charge < -0.3 is 9.94 Å². The van der Waals surface area contributed by atoms with Gasteiger partial charge in [0.2, 0.25) is 0 Å². The van der Waals surface area contributed by atoms with Crippen molar-refractivity contribution >= 4 is 23.5 Å². The number of hydrogen-bond acceptors (Lipinski definition) is 4. The van der Waals surface area contributed by atoms with E-state index in [0.29, 0.717) is 0 Å². The van der Waals surface area contributed by atoms with Gasteiger partial charge in [-0.1, -0.05) is 11.6 Å². The van der Waals surface area contributed by atoms with E-state index in [2.05, 4.69) is 10.7 Å². The number of halogens is 1. The molecule has 0 heterocycles. The van der Waals surface area contributed by atoms with Crippen LogP contribution in [-0.4, -0.2) is 17.0 Å². The van der Waals surface area contributed by atoms with Crippen LogP contribution in [-0.2, 0) is 4.84 Å². The van der Waals surface area contributed by atoms with E-state index in [1.54, 1.807) is 0 Å². The lowest BCUT2D eigenvalue weighted by molar-refractivity contribution is 0.0493. The molecule has 14 heavy (non-hydrogen) atoms. The first-order valence-electron chi connectivity index (χ1n) is 3.50. The molecule has 0 bridgehead atoms. The quantitative estimate of drug-likeness (QED) is 0.721. The average Bonchev–Trinajstić information content (AvgIpc) is 2.16. The van der Waals surface area contributed by atoms with Gasteiger partial charge in [0, 0.05) is 5.02 Å². The molecule has 0 unspecified atom stereocenters. The maximum absolute atomic E-state index is 11.0. The lowest BCUT2D eigenvalue weighted by Crippen LogP contribution is -2.14. The molecule has 0 saturated carbocycles. The van der Waals surface area contributed by atoms with Gasteiger partial charge in [-0.05, 0) is 18.2 Å². The maximum atomic E-state index is 11.0. The van der Waals surface area contributed by atoms with Crippen LogP contribution in [0, 0.1) is 0 Å². The normalized spacial score (nSPS) is 9.57. The van der Waals surface area contributed by atoms with Gasteiger partial charge in [0.15, 0.2) is 0 Å². The highest BCUT2D eigenvalue weighted by Gasteiger charge is 2.17. The molecule has 0 aliphatic carbocycles. The Morgan fingerprint density at radius 3 is 2.50 bits per heavy atom. The van der Waals surface area contributed by atoms with Crippen molar-refractivity contribution < 1.29 is 19.5 Å². The number of carbonyl (C=O) groups is 2. The molecule has 1 aromatic carbocycles. The molecule has 0 radical (unpaired) electrons. The molecule has 0 amide bonds. The van der Waals surface area contributed by atoms with Gasteiger partial charge in [-0.25, -0.2) is 9.59 Å². The summed E-state index contributed by atoms with van der Waals surface area (Å²) in [6, 6.07) is 3.76. The predicted octanol–water partition coefficient (Wildman–Crippen LogP) is 1.07. The minimum absolute atomic E-state index is 0.135. The second kappa shape index (κ2) is 4.08. The molecule has 6 heteroatoms. The zero-order chi connectivity index (χ0) is 10.7. The smallest absolute Gasteiger partial charge is 0.357 e. The van der Waals surface area contributed by atoms with Crippen molar-refractivity contribution in [3.05, 3.63) is 34.3 Å². The van der Waals surface area contributed by atoms with Crippen molar-refractivity contribution in [3.63, 3.8) is 0 Å². The summed E-state index contributed by atoms with van der Waals surface area (Å²) in [5.41, 5.74) is -0.377. The first-order chi connectivity index (χ1) is 6.56. The number of aromatic carboxylic acids is 1. The largest absolute Gasteiger partial charge is 0.478 e. The molecule has 0 fully saturated rings. The molecule has 0 aliphatic heterocycles. The van der Waals surface area contributed by atoms with E-state index < -0.39 is 11.9 Å². The van der Waals surface area contributed by atoms with Gasteiger partial charge in [-0.2, -0.15) is 5.90 Å². The summed E-state index contributed by atoms with van der Waals surface area (Å²) >= 11 is 5.56. The molecule has 1 aromatic rings. The minimum Gasteiger partial charge on any atom is -0.478 e. The number of rotatable bonds is 2. The zero-order valence-electron chi connectivity index (χ0n) is 6.86. The van der Waals surface area contributed by atoms with Gasteiger partial charge in [-0.3, -0.25) is 0 Å². The molecule has 0 aromatic heterocycles. The van der Waals surface area contributed by atoms with Gasteiger partial charge in [0.25, 0.3) is 0 Å². The summed E-state index contributed by atoms with van der Waals surface area (Å²) in [4.78, 5) is 25.6. The van der Waals surface area contributed by atoms with E-state index in [-0.39, 0.29) is 16.1 Å². The van der Waals surface area contributed by atoms with Crippen LogP contribution in [0.1, 0.15) is 20.7 Å². The molecule has 0 spiro atoms. The van der Waals surface area contributed by atoms with Crippen LogP contribution in [0.2, 0.25) is 5.02 Å². The van der Waals surface area contributed by atoms with Crippen molar-refractivity contribution in [2.24, 2.45) is 5.90 Å². The number of benzene rings is 1. The molecule has 0 saturated heterocycles. The monoisotopic (exact) mass is 215 g/mol. The first kappa shape index (κ1) is 10.5. The number of carboxylic acids is 1. The highest BCUT2D eigenvalue weighted by molar-refractivity contribution is 6.31. The molecular weight excluding hydrogens is 210 g/mol. The van der Waals surface area contributed by atoms with E-state index in [0.717, 1.165) is 6.07 Å². The minimum atomic E-state index is -1.27. The fourth-order valence-electron chi connectivity index (χ4n) is 0.935. The van der Waals surface area contributed by atoms with Gasteiger partial charge in [0.1, 0.15) is 0 Å². The summed E-state index contributed by atoms with van der Waals surface area (Å²) < 4.78 is 0. The SMILES string of the molecule is NOC(=O)c1ccc(Cl)cc1C(=O)O. The lowest BCUT2D eigenvalue weighted by atomic mass is 10.1. The highest BCUT2D eigenvalue weighted by atomic mass is 35.5.